The van der Waals surface area contributed by atoms with Crippen LogP contribution in [0.4, 0.5) is 11.4 Å². The fourth-order valence-electron chi connectivity index (χ4n) is 3.47. The molecule has 3 N–H and O–H groups in total. The number of anilines is 2. The predicted molar refractivity (Wildman–Crippen MR) is 106 cm³/mol. The molecule has 1 aliphatic heterocycles. The third kappa shape index (κ3) is 4.46. The van der Waals surface area contributed by atoms with Gasteiger partial charge in [-0.1, -0.05) is 12.1 Å². The van der Waals surface area contributed by atoms with Gasteiger partial charge < -0.3 is 20.2 Å². The summed E-state index contributed by atoms with van der Waals surface area (Å²) in [6, 6.07) is 14.1. The maximum atomic E-state index is 12.7. The third-order valence-corrected chi connectivity index (χ3v) is 5.19. The quantitative estimate of drug-likeness (QED) is 0.696. The highest BCUT2D eigenvalue weighted by atomic mass is 16.3. The first-order valence-corrected chi connectivity index (χ1v) is 9.25. The second-order valence-corrected chi connectivity index (χ2v) is 6.97. The molecule has 2 aromatic carbocycles. The van der Waals surface area contributed by atoms with Crippen LogP contribution in [-0.2, 0) is 4.79 Å². The molecule has 6 nitrogen and oxygen atoms in total. The Labute approximate surface area is 159 Å². The van der Waals surface area contributed by atoms with E-state index < -0.39 is 0 Å². The highest BCUT2D eigenvalue weighted by molar-refractivity contribution is 6.04. The van der Waals surface area contributed by atoms with Crippen molar-refractivity contribution in [2.45, 2.75) is 19.9 Å². The van der Waals surface area contributed by atoms with E-state index in [1.807, 2.05) is 25.1 Å². The summed E-state index contributed by atoms with van der Waals surface area (Å²) in [7, 11) is 0. The van der Waals surface area contributed by atoms with Gasteiger partial charge in [-0.2, -0.15) is 0 Å². The van der Waals surface area contributed by atoms with Crippen LogP contribution in [0.5, 0.6) is 5.75 Å². The number of ketones is 1. The van der Waals surface area contributed by atoms with Gasteiger partial charge in [0.1, 0.15) is 5.75 Å². The van der Waals surface area contributed by atoms with Crippen LogP contribution in [0.2, 0.25) is 0 Å². The lowest BCUT2D eigenvalue weighted by Crippen LogP contribution is -3.19. The maximum Gasteiger partial charge on any atom is 0.282 e. The lowest BCUT2D eigenvalue weighted by molar-refractivity contribution is -0.914. The van der Waals surface area contributed by atoms with Crippen LogP contribution < -0.4 is 15.1 Å². The fraction of sp³-hybridized carbons (Fsp3) is 0.333. The van der Waals surface area contributed by atoms with Crippen LogP contribution in [0.3, 0.4) is 0 Å². The van der Waals surface area contributed by atoms with Gasteiger partial charge in [0.25, 0.3) is 5.91 Å². The first-order chi connectivity index (χ1) is 13.0. The van der Waals surface area contributed by atoms with Gasteiger partial charge in [0.05, 0.1) is 31.9 Å². The van der Waals surface area contributed by atoms with Crippen LogP contribution in [0.15, 0.2) is 48.5 Å². The summed E-state index contributed by atoms with van der Waals surface area (Å²) in [5.41, 5.74) is 2.19. The molecule has 3 rings (SSSR count). The minimum absolute atomic E-state index is 0.0617. The van der Waals surface area contributed by atoms with Gasteiger partial charge >= 0.3 is 0 Å². The monoisotopic (exact) mass is 368 g/mol. The van der Waals surface area contributed by atoms with E-state index in [0.29, 0.717) is 11.3 Å². The van der Waals surface area contributed by atoms with Crippen molar-refractivity contribution in [2.24, 2.45) is 0 Å². The fourth-order valence-corrected chi connectivity index (χ4v) is 3.47. The molecule has 0 unspecified atom stereocenters. The molecule has 0 aliphatic carbocycles. The Balaban J connectivity index is 1.59. The van der Waals surface area contributed by atoms with Crippen LogP contribution in [-0.4, -0.2) is 49.0 Å². The largest absolute Gasteiger partial charge is 0.508 e. The van der Waals surface area contributed by atoms with Crippen molar-refractivity contribution in [1.29, 1.82) is 0 Å². The predicted octanol–water partition coefficient (Wildman–Crippen LogP) is 1.33. The maximum absolute atomic E-state index is 12.7. The summed E-state index contributed by atoms with van der Waals surface area (Å²) in [5.74, 6) is 0.129. The first kappa shape index (κ1) is 18.9. The molecule has 1 saturated heterocycles. The molecular formula is C21H26N3O3+. The van der Waals surface area contributed by atoms with E-state index in [0.717, 1.165) is 31.9 Å². The number of aromatic hydroxyl groups is 1. The van der Waals surface area contributed by atoms with Gasteiger partial charge in [0, 0.05) is 11.3 Å². The summed E-state index contributed by atoms with van der Waals surface area (Å²) < 4.78 is 0. The average Bonchev–Trinajstić information content (AvgIpc) is 2.68. The number of benzene rings is 2. The number of para-hydroxylation sites is 1. The number of rotatable bonds is 5. The number of piperazine rings is 1. The molecule has 1 heterocycles. The number of nitrogens with zero attached hydrogens (tertiary/aromatic N) is 1. The van der Waals surface area contributed by atoms with E-state index >= 15 is 0 Å². The Hall–Kier alpha value is -2.86. The number of amides is 1. The van der Waals surface area contributed by atoms with Gasteiger partial charge in [-0.05, 0) is 50.2 Å². The van der Waals surface area contributed by atoms with Crippen molar-refractivity contribution >= 4 is 23.1 Å². The number of phenolic OH excluding ortho intramolecular Hbond substituents is 1. The second kappa shape index (κ2) is 8.22. The zero-order chi connectivity index (χ0) is 19.4. The van der Waals surface area contributed by atoms with E-state index in [1.54, 1.807) is 30.3 Å². The number of hydrogen-bond donors (Lipinski definition) is 3. The summed E-state index contributed by atoms with van der Waals surface area (Å²) in [4.78, 5) is 27.9. The molecule has 0 aromatic heterocycles. The number of hydrogen-bond acceptors (Lipinski definition) is 4. The van der Waals surface area contributed by atoms with Crippen LogP contribution in [0.1, 0.15) is 24.2 Å². The summed E-state index contributed by atoms with van der Waals surface area (Å²) in [5, 5.41) is 12.3. The zero-order valence-corrected chi connectivity index (χ0v) is 15.7. The highest BCUT2D eigenvalue weighted by Gasteiger charge is 2.29. The van der Waals surface area contributed by atoms with Gasteiger partial charge in [-0.15, -0.1) is 0 Å². The zero-order valence-electron chi connectivity index (χ0n) is 15.7. The van der Waals surface area contributed by atoms with E-state index in [2.05, 4.69) is 10.2 Å². The minimum Gasteiger partial charge on any atom is -0.508 e. The normalized spacial score (nSPS) is 16.0. The molecule has 0 saturated carbocycles. The Morgan fingerprint density at radius 1 is 1.07 bits per heavy atom. The van der Waals surface area contributed by atoms with Crippen LogP contribution in [0, 0.1) is 0 Å². The van der Waals surface area contributed by atoms with Crippen molar-refractivity contribution in [2.75, 3.05) is 36.4 Å². The molecule has 1 amide bonds. The average molecular weight is 368 g/mol. The van der Waals surface area contributed by atoms with E-state index in [1.165, 1.54) is 11.8 Å². The van der Waals surface area contributed by atoms with Crippen molar-refractivity contribution in [3.63, 3.8) is 0 Å². The molecule has 1 atom stereocenters. The molecule has 0 spiro atoms. The highest BCUT2D eigenvalue weighted by Crippen LogP contribution is 2.18. The standard InChI is InChI=1S/C21H25N3O3/c1-15(21(27)22-20-6-4-3-5-19(20)16(2)25)23-11-13-24(14-12-23)17-7-9-18(26)10-8-17/h3-10,15,26H,11-14H2,1-2H3,(H,22,27)/p+1/t15-/m1/s1. The number of Topliss-reactive ketones (excluding diaryl/α,β-unsaturated/α-hetero) is 1. The van der Waals surface area contributed by atoms with E-state index in [-0.39, 0.29) is 23.5 Å². The molecular weight excluding hydrogens is 342 g/mol. The Morgan fingerprint density at radius 3 is 2.33 bits per heavy atom. The van der Waals surface area contributed by atoms with E-state index in [9.17, 15) is 14.7 Å². The molecule has 142 valence electrons. The Kier molecular flexibility index (Phi) is 5.76. The van der Waals surface area contributed by atoms with Crippen LogP contribution in [0.25, 0.3) is 0 Å². The SMILES string of the molecule is CC(=O)c1ccccc1NC(=O)[C@@H](C)[NH+]1CCN(c2ccc(O)cc2)CC1. The number of carbonyl (C=O) groups is 2. The molecule has 0 radical (unpaired) electrons. The Bertz CT molecular complexity index is 812. The van der Waals surface area contributed by atoms with Gasteiger partial charge in [0.15, 0.2) is 11.8 Å². The Morgan fingerprint density at radius 2 is 1.70 bits per heavy atom. The van der Waals surface area contributed by atoms with Gasteiger partial charge in [0.2, 0.25) is 0 Å². The van der Waals surface area contributed by atoms with Crippen molar-refractivity contribution in [3.05, 3.63) is 54.1 Å². The number of nitrogens with one attached hydrogen (secondary N) is 2. The molecule has 6 heteroatoms. The molecule has 27 heavy (non-hydrogen) atoms. The smallest absolute Gasteiger partial charge is 0.282 e. The van der Waals surface area contributed by atoms with Crippen molar-refractivity contribution in [1.82, 2.24) is 0 Å². The lowest BCUT2D eigenvalue weighted by atomic mass is 10.1. The minimum atomic E-state index is -0.202. The number of phenols is 1. The van der Waals surface area contributed by atoms with Crippen molar-refractivity contribution in [3.8, 4) is 5.75 Å². The van der Waals surface area contributed by atoms with Gasteiger partial charge in [-0.25, -0.2) is 0 Å². The van der Waals surface area contributed by atoms with Crippen molar-refractivity contribution < 1.29 is 19.6 Å². The summed E-state index contributed by atoms with van der Waals surface area (Å²) in [6.45, 7) is 6.83. The lowest BCUT2D eigenvalue weighted by Gasteiger charge is -2.36. The molecule has 1 fully saturated rings. The topological polar surface area (TPSA) is 74.1 Å². The molecule has 0 bridgehead atoms. The van der Waals surface area contributed by atoms with Gasteiger partial charge in [-0.3, -0.25) is 9.59 Å². The summed E-state index contributed by atoms with van der Waals surface area (Å²) in [6.07, 6.45) is 0. The third-order valence-electron chi connectivity index (χ3n) is 5.19. The second-order valence-electron chi connectivity index (χ2n) is 6.97. The summed E-state index contributed by atoms with van der Waals surface area (Å²) >= 11 is 0. The number of carbonyl (C=O) groups excluding carboxylic acids is 2. The molecule has 2 aromatic rings. The number of quaternary nitrogens is 1. The van der Waals surface area contributed by atoms with E-state index in [4.69, 9.17) is 0 Å². The van der Waals surface area contributed by atoms with Crippen LogP contribution >= 0.6 is 0 Å². The first-order valence-electron chi connectivity index (χ1n) is 9.25. The molecule has 1 aliphatic rings.